The zero-order valence-electron chi connectivity index (χ0n) is 17.2. The molecule has 0 unspecified atom stereocenters. The Morgan fingerprint density at radius 2 is 1.90 bits per heavy atom. The van der Waals surface area contributed by atoms with Gasteiger partial charge in [0.05, 0.1) is 17.6 Å². The number of fused-ring (bicyclic) bond motifs is 3. The van der Waals surface area contributed by atoms with Crippen LogP contribution < -0.4 is 0 Å². The number of aliphatic hydroxyl groups excluding tert-OH is 2. The van der Waals surface area contributed by atoms with Gasteiger partial charge < -0.3 is 24.4 Å². The number of esters is 3. The van der Waals surface area contributed by atoms with Gasteiger partial charge in [-0.25, -0.2) is 9.59 Å². The molecule has 3 rings (SSSR count). The molecule has 0 aromatic rings. The van der Waals surface area contributed by atoms with Gasteiger partial charge in [0.25, 0.3) is 0 Å². The van der Waals surface area contributed by atoms with Gasteiger partial charge in [-0.05, 0) is 19.4 Å². The maximum Gasteiger partial charge on any atom is 0.337 e. The Morgan fingerprint density at radius 1 is 1.23 bits per heavy atom. The van der Waals surface area contributed by atoms with Crippen LogP contribution in [0.4, 0.5) is 0 Å². The highest BCUT2D eigenvalue weighted by atomic mass is 16.6. The van der Waals surface area contributed by atoms with Crippen molar-refractivity contribution in [2.24, 2.45) is 17.8 Å². The Labute approximate surface area is 174 Å². The molecule has 30 heavy (non-hydrogen) atoms. The summed E-state index contributed by atoms with van der Waals surface area (Å²) in [4.78, 5) is 36.1. The molecule has 3 aliphatic rings. The molecule has 0 bridgehead atoms. The van der Waals surface area contributed by atoms with Crippen molar-refractivity contribution < 1.29 is 38.8 Å². The molecule has 8 nitrogen and oxygen atoms in total. The van der Waals surface area contributed by atoms with Crippen LogP contribution in [0.25, 0.3) is 0 Å². The lowest BCUT2D eigenvalue weighted by Crippen LogP contribution is -2.42. The van der Waals surface area contributed by atoms with Gasteiger partial charge in [0.15, 0.2) is 0 Å². The Bertz CT molecular complexity index is 866. The van der Waals surface area contributed by atoms with Gasteiger partial charge in [-0.2, -0.15) is 0 Å². The molecule has 7 atom stereocenters. The third-order valence-corrected chi connectivity index (χ3v) is 6.09. The minimum Gasteiger partial charge on any atom is -0.461 e. The molecule has 1 saturated heterocycles. The summed E-state index contributed by atoms with van der Waals surface area (Å²) in [5.41, 5.74) is 1.26. The SMILES string of the molecule is C=C1C(=O)O[C@H]2[C@H]1[C@H](OC(=O)/C(=C/C)COC(C)=O)[C@H](O)C(=C)[C@H]1[C@@H]2C(C)=C[C@H]1O. The summed E-state index contributed by atoms with van der Waals surface area (Å²) >= 11 is 0. The van der Waals surface area contributed by atoms with Crippen molar-refractivity contribution in [2.45, 2.75) is 45.2 Å². The number of allylic oxidation sites excluding steroid dienone is 1. The van der Waals surface area contributed by atoms with Gasteiger partial charge in [0, 0.05) is 24.3 Å². The largest absolute Gasteiger partial charge is 0.461 e. The first-order chi connectivity index (χ1) is 14.1. The van der Waals surface area contributed by atoms with Crippen molar-refractivity contribution in [2.75, 3.05) is 6.61 Å². The lowest BCUT2D eigenvalue weighted by Gasteiger charge is -2.29. The number of aliphatic hydroxyl groups is 2. The standard InChI is InChI=1S/C22H26O8/c1-6-13(8-28-12(5)23)22(27)30-20-17-11(4)21(26)29-19(17)15-9(2)7-14(24)16(15)10(3)18(20)25/h6-7,14-20,24-25H,3-4,8H2,1-2,5H3/b13-6+/t14-,15+,16-,17+,18-,19-,20+/m1/s1. The van der Waals surface area contributed by atoms with E-state index < -0.39 is 60.1 Å². The molecule has 2 fully saturated rings. The van der Waals surface area contributed by atoms with Gasteiger partial charge in [-0.3, -0.25) is 4.79 Å². The van der Waals surface area contributed by atoms with Crippen molar-refractivity contribution in [3.05, 3.63) is 47.6 Å². The van der Waals surface area contributed by atoms with E-state index in [4.69, 9.17) is 14.2 Å². The van der Waals surface area contributed by atoms with Gasteiger partial charge in [0.1, 0.15) is 24.9 Å². The maximum absolute atomic E-state index is 12.7. The van der Waals surface area contributed by atoms with Crippen LogP contribution >= 0.6 is 0 Å². The van der Waals surface area contributed by atoms with Crippen LogP contribution in [-0.2, 0) is 28.6 Å². The van der Waals surface area contributed by atoms with E-state index in [1.54, 1.807) is 13.0 Å². The fourth-order valence-electron chi connectivity index (χ4n) is 4.56. The summed E-state index contributed by atoms with van der Waals surface area (Å²) in [6.07, 6.45) is -1.14. The smallest absolute Gasteiger partial charge is 0.337 e. The van der Waals surface area contributed by atoms with Crippen LogP contribution in [-0.4, -0.2) is 59.1 Å². The van der Waals surface area contributed by atoms with E-state index in [9.17, 15) is 24.6 Å². The van der Waals surface area contributed by atoms with E-state index in [2.05, 4.69) is 13.2 Å². The minimum absolute atomic E-state index is 0.0796. The third kappa shape index (κ3) is 3.61. The molecule has 2 N–H and O–H groups in total. The molecule has 0 aromatic carbocycles. The molecule has 2 aliphatic carbocycles. The molecule has 0 amide bonds. The molecular weight excluding hydrogens is 392 g/mol. The Kier molecular flexibility index (Phi) is 6.01. The number of carbonyl (C=O) groups excluding carboxylic acids is 3. The van der Waals surface area contributed by atoms with Crippen molar-refractivity contribution in [3.63, 3.8) is 0 Å². The summed E-state index contributed by atoms with van der Waals surface area (Å²) in [6.45, 7) is 12.1. The molecule has 0 aromatic heterocycles. The Morgan fingerprint density at radius 3 is 2.50 bits per heavy atom. The third-order valence-electron chi connectivity index (χ3n) is 6.09. The van der Waals surface area contributed by atoms with Crippen LogP contribution in [0.1, 0.15) is 20.8 Å². The first-order valence-electron chi connectivity index (χ1n) is 9.70. The van der Waals surface area contributed by atoms with Crippen LogP contribution in [0.5, 0.6) is 0 Å². The molecular formula is C22H26O8. The monoisotopic (exact) mass is 418 g/mol. The van der Waals surface area contributed by atoms with Crippen molar-refractivity contribution in [1.29, 1.82) is 0 Å². The second-order valence-electron chi connectivity index (χ2n) is 7.86. The summed E-state index contributed by atoms with van der Waals surface area (Å²) < 4.78 is 16.0. The van der Waals surface area contributed by atoms with Gasteiger partial charge >= 0.3 is 17.9 Å². The fraction of sp³-hybridized carbons (Fsp3) is 0.500. The molecule has 0 radical (unpaired) electrons. The lowest BCUT2D eigenvalue weighted by atomic mass is 9.79. The number of carbonyl (C=O) groups is 3. The van der Waals surface area contributed by atoms with Gasteiger partial charge in [0.2, 0.25) is 0 Å². The second kappa shape index (κ2) is 8.20. The molecule has 8 heteroatoms. The molecule has 1 aliphatic heterocycles. The van der Waals surface area contributed by atoms with Crippen LogP contribution in [0.2, 0.25) is 0 Å². The van der Waals surface area contributed by atoms with Crippen molar-refractivity contribution in [1.82, 2.24) is 0 Å². The van der Waals surface area contributed by atoms with E-state index in [0.29, 0.717) is 5.57 Å². The van der Waals surface area contributed by atoms with Gasteiger partial charge in [-0.1, -0.05) is 30.9 Å². The quantitative estimate of drug-likeness (QED) is 0.300. The van der Waals surface area contributed by atoms with Gasteiger partial charge in [-0.15, -0.1) is 0 Å². The fourth-order valence-corrected chi connectivity index (χ4v) is 4.56. The zero-order chi connectivity index (χ0) is 22.3. The second-order valence-corrected chi connectivity index (χ2v) is 7.86. The Hall–Kier alpha value is -2.71. The number of hydrogen-bond donors (Lipinski definition) is 2. The minimum atomic E-state index is -1.36. The zero-order valence-corrected chi connectivity index (χ0v) is 17.2. The molecule has 1 heterocycles. The normalized spacial score (nSPS) is 35.8. The molecule has 1 saturated carbocycles. The summed E-state index contributed by atoms with van der Waals surface area (Å²) in [6, 6.07) is 0. The number of hydrogen-bond acceptors (Lipinski definition) is 8. The average molecular weight is 418 g/mol. The molecule has 0 spiro atoms. The van der Waals surface area contributed by atoms with Crippen molar-refractivity contribution >= 4 is 17.9 Å². The lowest BCUT2D eigenvalue weighted by molar-refractivity contribution is -0.155. The summed E-state index contributed by atoms with van der Waals surface area (Å²) in [7, 11) is 0. The highest BCUT2D eigenvalue weighted by Gasteiger charge is 2.58. The van der Waals surface area contributed by atoms with E-state index in [1.807, 2.05) is 6.92 Å². The predicted octanol–water partition coefficient (Wildman–Crippen LogP) is 0.989. The van der Waals surface area contributed by atoms with E-state index in [-0.39, 0.29) is 17.8 Å². The highest BCUT2D eigenvalue weighted by molar-refractivity contribution is 5.92. The predicted molar refractivity (Wildman–Crippen MR) is 105 cm³/mol. The first-order valence-corrected chi connectivity index (χ1v) is 9.70. The molecule has 162 valence electrons. The van der Waals surface area contributed by atoms with Crippen LogP contribution in [0.15, 0.2) is 47.6 Å². The first kappa shape index (κ1) is 22.0. The Balaban J connectivity index is 1.95. The topological polar surface area (TPSA) is 119 Å². The highest BCUT2D eigenvalue weighted by Crippen LogP contribution is 2.51. The maximum atomic E-state index is 12.7. The summed E-state index contributed by atoms with van der Waals surface area (Å²) in [5, 5.41) is 21.5. The van der Waals surface area contributed by atoms with E-state index in [0.717, 1.165) is 5.57 Å². The number of rotatable bonds is 4. The van der Waals surface area contributed by atoms with Crippen LogP contribution in [0.3, 0.4) is 0 Å². The average Bonchev–Trinajstić information content (AvgIpc) is 3.10. The van der Waals surface area contributed by atoms with Crippen molar-refractivity contribution in [3.8, 4) is 0 Å². The van der Waals surface area contributed by atoms with Crippen LogP contribution in [0, 0.1) is 17.8 Å². The van der Waals surface area contributed by atoms with E-state index in [1.165, 1.54) is 13.0 Å². The van der Waals surface area contributed by atoms with E-state index >= 15 is 0 Å². The summed E-state index contributed by atoms with van der Waals surface area (Å²) in [5.74, 6) is -3.81. The number of ether oxygens (including phenoxy) is 3.